The highest BCUT2D eigenvalue weighted by molar-refractivity contribution is 7.99. The maximum Gasteiger partial charge on any atom is -0.00199 e. The minimum absolute atomic E-state index is 1.01. The molecule has 2 heterocycles. The van der Waals surface area contributed by atoms with Crippen molar-refractivity contribution in [2.24, 2.45) is 11.8 Å². The lowest BCUT2D eigenvalue weighted by atomic mass is 9.92. The lowest BCUT2D eigenvalue weighted by molar-refractivity contribution is 0.392. The average Bonchev–Trinajstić information content (AvgIpc) is 2.59. The Morgan fingerprint density at radius 2 is 2.25 bits per heavy atom. The van der Waals surface area contributed by atoms with Gasteiger partial charge in [-0.05, 0) is 62.1 Å². The molecule has 2 aliphatic heterocycles. The standard InChI is InChI=1S/C10H19NS/c1-2-10(8-12-5-1)6-9-3-4-11-7-9/h9-11H,1-8H2. The first-order valence-electron chi connectivity index (χ1n) is 5.23. The summed E-state index contributed by atoms with van der Waals surface area (Å²) in [6, 6.07) is 0. The Kier molecular flexibility index (Phi) is 3.35. The molecule has 2 heteroatoms. The molecule has 0 amide bonds. The highest BCUT2D eigenvalue weighted by Gasteiger charge is 2.21. The van der Waals surface area contributed by atoms with Gasteiger partial charge >= 0.3 is 0 Å². The van der Waals surface area contributed by atoms with E-state index in [0.29, 0.717) is 0 Å². The SMILES string of the molecule is C1CSCC(CC2CCNC2)C1. The second-order valence-electron chi connectivity index (χ2n) is 4.18. The van der Waals surface area contributed by atoms with Gasteiger partial charge in [0.25, 0.3) is 0 Å². The van der Waals surface area contributed by atoms with Crippen LogP contribution in [0.25, 0.3) is 0 Å². The largest absolute Gasteiger partial charge is 0.316 e. The van der Waals surface area contributed by atoms with Gasteiger partial charge in [-0.15, -0.1) is 0 Å². The third-order valence-corrected chi connectivity index (χ3v) is 4.37. The normalized spacial score (nSPS) is 37.0. The molecule has 0 aromatic carbocycles. The van der Waals surface area contributed by atoms with Crippen molar-refractivity contribution >= 4 is 11.8 Å². The van der Waals surface area contributed by atoms with Crippen LogP contribution in [-0.4, -0.2) is 24.6 Å². The molecule has 12 heavy (non-hydrogen) atoms. The monoisotopic (exact) mass is 185 g/mol. The van der Waals surface area contributed by atoms with Crippen molar-refractivity contribution in [1.82, 2.24) is 5.32 Å². The van der Waals surface area contributed by atoms with Gasteiger partial charge in [0.1, 0.15) is 0 Å². The quantitative estimate of drug-likeness (QED) is 0.707. The Balaban J connectivity index is 1.69. The van der Waals surface area contributed by atoms with Crippen LogP contribution in [0.5, 0.6) is 0 Å². The van der Waals surface area contributed by atoms with E-state index in [0.717, 1.165) is 11.8 Å². The molecule has 0 aliphatic carbocycles. The van der Waals surface area contributed by atoms with Crippen LogP contribution in [-0.2, 0) is 0 Å². The highest BCUT2D eigenvalue weighted by Crippen LogP contribution is 2.29. The van der Waals surface area contributed by atoms with E-state index in [1.807, 2.05) is 0 Å². The first-order valence-corrected chi connectivity index (χ1v) is 6.39. The van der Waals surface area contributed by atoms with E-state index >= 15 is 0 Å². The van der Waals surface area contributed by atoms with E-state index in [9.17, 15) is 0 Å². The molecule has 0 radical (unpaired) electrons. The van der Waals surface area contributed by atoms with Crippen LogP contribution in [0, 0.1) is 11.8 Å². The molecule has 0 saturated carbocycles. The van der Waals surface area contributed by atoms with Gasteiger partial charge in [-0.2, -0.15) is 11.8 Å². The zero-order chi connectivity index (χ0) is 8.23. The van der Waals surface area contributed by atoms with Gasteiger partial charge in [-0.1, -0.05) is 0 Å². The minimum atomic E-state index is 1.01. The molecule has 2 saturated heterocycles. The number of nitrogens with one attached hydrogen (secondary N) is 1. The zero-order valence-corrected chi connectivity index (χ0v) is 8.54. The van der Waals surface area contributed by atoms with E-state index in [4.69, 9.17) is 0 Å². The van der Waals surface area contributed by atoms with Crippen molar-refractivity contribution in [3.8, 4) is 0 Å². The van der Waals surface area contributed by atoms with Crippen molar-refractivity contribution in [3.05, 3.63) is 0 Å². The van der Waals surface area contributed by atoms with Crippen LogP contribution in [0.15, 0.2) is 0 Å². The Morgan fingerprint density at radius 3 is 2.92 bits per heavy atom. The summed E-state index contributed by atoms with van der Waals surface area (Å²) < 4.78 is 0. The van der Waals surface area contributed by atoms with Gasteiger partial charge in [-0.25, -0.2) is 0 Å². The van der Waals surface area contributed by atoms with Gasteiger partial charge in [0, 0.05) is 0 Å². The maximum absolute atomic E-state index is 3.46. The second kappa shape index (κ2) is 4.52. The fourth-order valence-corrected chi connectivity index (χ4v) is 3.55. The lowest BCUT2D eigenvalue weighted by Crippen LogP contribution is -2.17. The van der Waals surface area contributed by atoms with Crippen LogP contribution >= 0.6 is 11.8 Å². The smallest absolute Gasteiger partial charge is 0.00199 e. The summed E-state index contributed by atoms with van der Waals surface area (Å²) in [6.45, 7) is 2.56. The van der Waals surface area contributed by atoms with E-state index in [1.165, 1.54) is 50.3 Å². The molecule has 2 unspecified atom stereocenters. The van der Waals surface area contributed by atoms with Gasteiger partial charge in [0.2, 0.25) is 0 Å². The Morgan fingerprint density at radius 1 is 1.25 bits per heavy atom. The van der Waals surface area contributed by atoms with Crippen LogP contribution in [0.3, 0.4) is 0 Å². The molecule has 1 nitrogen and oxygen atoms in total. The van der Waals surface area contributed by atoms with Gasteiger partial charge in [0.15, 0.2) is 0 Å². The van der Waals surface area contributed by atoms with E-state index in [-0.39, 0.29) is 0 Å². The second-order valence-corrected chi connectivity index (χ2v) is 5.33. The first kappa shape index (κ1) is 8.89. The summed E-state index contributed by atoms with van der Waals surface area (Å²) in [4.78, 5) is 0. The van der Waals surface area contributed by atoms with E-state index < -0.39 is 0 Å². The summed E-state index contributed by atoms with van der Waals surface area (Å²) in [7, 11) is 0. The van der Waals surface area contributed by atoms with Crippen molar-refractivity contribution in [1.29, 1.82) is 0 Å². The van der Waals surface area contributed by atoms with Crippen LogP contribution in [0.4, 0.5) is 0 Å². The summed E-state index contributed by atoms with van der Waals surface area (Å²) >= 11 is 2.17. The molecule has 70 valence electrons. The minimum Gasteiger partial charge on any atom is -0.316 e. The Labute approximate surface area is 79.7 Å². The molecule has 0 spiro atoms. The van der Waals surface area contributed by atoms with Gasteiger partial charge < -0.3 is 5.32 Å². The molecule has 0 bridgehead atoms. The third-order valence-electron chi connectivity index (χ3n) is 3.08. The number of hydrogen-bond donors (Lipinski definition) is 1. The number of rotatable bonds is 2. The molecule has 2 rings (SSSR count). The van der Waals surface area contributed by atoms with Gasteiger partial charge in [0.05, 0.1) is 0 Å². The summed E-state index contributed by atoms with van der Waals surface area (Å²) in [6.07, 6.45) is 5.90. The van der Waals surface area contributed by atoms with Crippen molar-refractivity contribution in [2.45, 2.75) is 25.7 Å². The van der Waals surface area contributed by atoms with Crippen molar-refractivity contribution in [3.63, 3.8) is 0 Å². The molecular formula is C10H19NS. The topological polar surface area (TPSA) is 12.0 Å². The Hall–Kier alpha value is 0.310. The fraction of sp³-hybridized carbons (Fsp3) is 1.00. The lowest BCUT2D eigenvalue weighted by Gasteiger charge is -2.23. The number of thioether (sulfide) groups is 1. The molecule has 0 aromatic heterocycles. The predicted octanol–water partition coefficient (Wildman–Crippen LogP) is 2.13. The highest BCUT2D eigenvalue weighted by atomic mass is 32.2. The van der Waals surface area contributed by atoms with Crippen LogP contribution in [0.1, 0.15) is 25.7 Å². The molecule has 2 atom stereocenters. The summed E-state index contributed by atoms with van der Waals surface area (Å²) in [5, 5.41) is 3.46. The molecular weight excluding hydrogens is 166 g/mol. The predicted molar refractivity (Wildman–Crippen MR) is 55.6 cm³/mol. The summed E-state index contributed by atoms with van der Waals surface area (Å²) in [5.74, 6) is 4.91. The number of hydrogen-bond acceptors (Lipinski definition) is 2. The van der Waals surface area contributed by atoms with Crippen molar-refractivity contribution in [2.75, 3.05) is 24.6 Å². The molecule has 2 fully saturated rings. The average molecular weight is 185 g/mol. The third kappa shape index (κ3) is 2.40. The van der Waals surface area contributed by atoms with Crippen LogP contribution < -0.4 is 5.32 Å². The van der Waals surface area contributed by atoms with E-state index in [1.54, 1.807) is 0 Å². The molecule has 0 aromatic rings. The first-order chi connectivity index (χ1) is 5.95. The Bertz CT molecular complexity index is 126. The summed E-state index contributed by atoms with van der Waals surface area (Å²) in [5.41, 5.74) is 0. The van der Waals surface area contributed by atoms with E-state index in [2.05, 4.69) is 17.1 Å². The zero-order valence-electron chi connectivity index (χ0n) is 7.72. The molecule has 1 N–H and O–H groups in total. The van der Waals surface area contributed by atoms with Crippen molar-refractivity contribution < 1.29 is 0 Å². The van der Waals surface area contributed by atoms with Crippen LogP contribution in [0.2, 0.25) is 0 Å². The van der Waals surface area contributed by atoms with Gasteiger partial charge in [-0.3, -0.25) is 0 Å². The molecule has 2 aliphatic rings. The fourth-order valence-electron chi connectivity index (χ4n) is 2.38. The maximum atomic E-state index is 3.46.